The number of furan rings is 1. The Labute approximate surface area is 227 Å². The van der Waals surface area contributed by atoms with Crippen LogP contribution in [-0.4, -0.2) is 61.0 Å². The van der Waals surface area contributed by atoms with E-state index in [1.807, 2.05) is 31.7 Å². The molecule has 9 heteroatoms. The molecule has 1 aliphatic rings. The van der Waals surface area contributed by atoms with E-state index in [2.05, 4.69) is 47.4 Å². The van der Waals surface area contributed by atoms with Crippen molar-refractivity contribution >= 4 is 22.7 Å². The number of nitrogens with one attached hydrogen (secondary N) is 1. The molecule has 1 fully saturated rings. The molecule has 0 aliphatic carbocycles. The van der Waals surface area contributed by atoms with E-state index in [-0.39, 0.29) is 22.9 Å². The number of pyridine rings is 1. The van der Waals surface area contributed by atoms with Gasteiger partial charge >= 0.3 is 0 Å². The van der Waals surface area contributed by atoms with E-state index in [0.29, 0.717) is 47.8 Å². The van der Waals surface area contributed by atoms with Crippen molar-refractivity contribution in [2.75, 3.05) is 19.6 Å². The maximum absolute atomic E-state index is 13.9. The molecule has 0 unspecified atom stereocenters. The first-order chi connectivity index (χ1) is 18.2. The molecule has 1 aliphatic heterocycles. The SMILES string of the molecule is C=C(c1n[nH]c(C)n1)N1CCN(C(=O)c2cc3nc(-c4ccc(F)c(C)c4)cc(C(C)(C)C)c3o2)C(C)(C)C1. The van der Waals surface area contributed by atoms with Crippen LogP contribution in [0.25, 0.3) is 28.1 Å². The average molecular weight is 531 g/mol. The predicted molar refractivity (Wildman–Crippen MR) is 150 cm³/mol. The van der Waals surface area contributed by atoms with Gasteiger partial charge in [-0.2, -0.15) is 5.10 Å². The Morgan fingerprint density at radius 2 is 1.87 bits per heavy atom. The smallest absolute Gasteiger partial charge is 0.290 e. The highest BCUT2D eigenvalue weighted by molar-refractivity contribution is 5.97. The van der Waals surface area contributed by atoms with Crippen LogP contribution in [0.1, 0.15) is 67.9 Å². The molecule has 0 bridgehead atoms. The van der Waals surface area contributed by atoms with Crippen LogP contribution in [-0.2, 0) is 5.41 Å². The molecular weight excluding hydrogens is 495 g/mol. The van der Waals surface area contributed by atoms with Crippen LogP contribution in [0.4, 0.5) is 4.39 Å². The van der Waals surface area contributed by atoms with Gasteiger partial charge in [-0.15, -0.1) is 0 Å². The molecule has 0 saturated carbocycles. The summed E-state index contributed by atoms with van der Waals surface area (Å²) in [5, 5.41) is 7.09. The van der Waals surface area contributed by atoms with Gasteiger partial charge in [0.25, 0.3) is 5.91 Å². The summed E-state index contributed by atoms with van der Waals surface area (Å²) in [6.45, 7) is 19.8. The number of aryl methyl sites for hydroxylation is 2. The van der Waals surface area contributed by atoms with E-state index in [0.717, 1.165) is 22.6 Å². The summed E-state index contributed by atoms with van der Waals surface area (Å²) >= 11 is 0. The van der Waals surface area contributed by atoms with Crippen molar-refractivity contribution < 1.29 is 13.6 Å². The summed E-state index contributed by atoms with van der Waals surface area (Å²) in [7, 11) is 0. The molecule has 3 aromatic heterocycles. The molecule has 4 aromatic rings. The molecule has 8 nitrogen and oxygen atoms in total. The van der Waals surface area contributed by atoms with Gasteiger partial charge in [0.15, 0.2) is 17.2 Å². The van der Waals surface area contributed by atoms with Crippen LogP contribution in [0.5, 0.6) is 0 Å². The Morgan fingerprint density at radius 3 is 2.49 bits per heavy atom. The lowest BCUT2D eigenvalue weighted by atomic mass is 9.86. The van der Waals surface area contributed by atoms with Gasteiger partial charge in [0.2, 0.25) is 0 Å². The Balaban J connectivity index is 1.47. The van der Waals surface area contributed by atoms with E-state index in [4.69, 9.17) is 9.40 Å². The number of halogens is 1. The number of fused-ring (bicyclic) bond motifs is 1. The fourth-order valence-electron chi connectivity index (χ4n) is 5.14. The zero-order valence-corrected chi connectivity index (χ0v) is 23.6. The first-order valence-electron chi connectivity index (χ1n) is 13.1. The third-order valence-electron chi connectivity index (χ3n) is 7.34. The maximum atomic E-state index is 13.9. The molecule has 1 saturated heterocycles. The van der Waals surface area contributed by atoms with Crippen molar-refractivity contribution in [1.82, 2.24) is 30.0 Å². The Hall–Kier alpha value is -4.01. The minimum absolute atomic E-state index is 0.184. The number of piperazine rings is 1. The largest absolute Gasteiger partial charge is 0.449 e. The third kappa shape index (κ3) is 4.93. The molecule has 0 spiro atoms. The number of benzene rings is 1. The number of hydrogen-bond acceptors (Lipinski definition) is 6. The zero-order chi connectivity index (χ0) is 28.3. The number of hydrogen-bond donors (Lipinski definition) is 1. The van der Waals surface area contributed by atoms with Crippen molar-refractivity contribution in [3.8, 4) is 11.3 Å². The van der Waals surface area contributed by atoms with Gasteiger partial charge in [-0.05, 0) is 62.9 Å². The second kappa shape index (κ2) is 9.32. The molecule has 204 valence electrons. The average Bonchev–Trinajstić information content (AvgIpc) is 3.49. The molecule has 0 atom stereocenters. The van der Waals surface area contributed by atoms with Gasteiger partial charge in [-0.3, -0.25) is 9.89 Å². The molecule has 1 aromatic carbocycles. The third-order valence-corrected chi connectivity index (χ3v) is 7.34. The van der Waals surface area contributed by atoms with Crippen molar-refractivity contribution in [2.45, 2.75) is 59.4 Å². The number of nitrogens with zero attached hydrogens (tertiary/aromatic N) is 5. The molecule has 39 heavy (non-hydrogen) atoms. The summed E-state index contributed by atoms with van der Waals surface area (Å²) in [5.74, 6) is 1.10. The zero-order valence-electron chi connectivity index (χ0n) is 23.6. The molecular formula is C30H35FN6O2. The van der Waals surface area contributed by atoms with Gasteiger partial charge in [0.05, 0.1) is 16.9 Å². The van der Waals surface area contributed by atoms with Crippen molar-refractivity contribution in [3.05, 3.63) is 71.3 Å². The number of carbonyl (C=O) groups is 1. The fraction of sp³-hybridized carbons (Fsp3) is 0.400. The lowest BCUT2D eigenvalue weighted by Crippen LogP contribution is -2.60. The first kappa shape index (κ1) is 26.6. The van der Waals surface area contributed by atoms with Crippen molar-refractivity contribution in [1.29, 1.82) is 0 Å². The van der Waals surface area contributed by atoms with Gasteiger partial charge in [0.1, 0.15) is 17.2 Å². The normalized spacial score (nSPS) is 15.7. The van der Waals surface area contributed by atoms with E-state index in [1.54, 1.807) is 25.1 Å². The number of aromatic nitrogens is 4. The lowest BCUT2D eigenvalue weighted by molar-refractivity contribution is 0.0287. The fourth-order valence-corrected chi connectivity index (χ4v) is 5.14. The molecule has 1 amide bonds. The second-order valence-electron chi connectivity index (χ2n) is 12.0. The predicted octanol–water partition coefficient (Wildman–Crippen LogP) is 5.87. The molecule has 4 heterocycles. The molecule has 0 radical (unpaired) electrons. The van der Waals surface area contributed by atoms with Crippen LogP contribution >= 0.6 is 0 Å². The Morgan fingerprint density at radius 1 is 1.13 bits per heavy atom. The highest BCUT2D eigenvalue weighted by Gasteiger charge is 2.39. The summed E-state index contributed by atoms with van der Waals surface area (Å²) in [5.41, 5.74) is 4.17. The Kier molecular flexibility index (Phi) is 6.36. The highest BCUT2D eigenvalue weighted by atomic mass is 19.1. The van der Waals surface area contributed by atoms with E-state index in [1.165, 1.54) is 6.07 Å². The number of H-pyrrole nitrogens is 1. The second-order valence-corrected chi connectivity index (χ2v) is 12.0. The Bertz CT molecular complexity index is 1590. The number of rotatable bonds is 4. The van der Waals surface area contributed by atoms with Crippen LogP contribution in [0, 0.1) is 19.7 Å². The van der Waals surface area contributed by atoms with Crippen LogP contribution in [0.15, 0.2) is 41.3 Å². The highest BCUT2D eigenvalue weighted by Crippen LogP contribution is 2.36. The van der Waals surface area contributed by atoms with E-state index >= 15 is 0 Å². The molecule has 5 rings (SSSR count). The minimum Gasteiger partial charge on any atom is -0.449 e. The molecule has 1 N–H and O–H groups in total. The standard InChI is InChI=1S/C30H35FN6O2/c1-17-13-20(9-10-22(17)31)23-14-21(29(4,5)6)26-24(33-23)15-25(39-26)28(38)37-12-11-36(16-30(37,7)8)18(2)27-32-19(3)34-35-27/h9-10,13-15H,2,11-12,16H2,1,3-8H3,(H,32,34,35). The van der Waals surface area contributed by atoms with Gasteiger partial charge in [-0.25, -0.2) is 14.4 Å². The number of carbonyl (C=O) groups excluding carboxylic acids is 1. The summed E-state index contributed by atoms with van der Waals surface area (Å²) in [6, 6.07) is 8.68. The quantitative estimate of drug-likeness (QED) is 0.355. The van der Waals surface area contributed by atoms with Crippen LogP contribution in [0.2, 0.25) is 0 Å². The van der Waals surface area contributed by atoms with Gasteiger partial charge < -0.3 is 14.2 Å². The maximum Gasteiger partial charge on any atom is 0.290 e. The van der Waals surface area contributed by atoms with Crippen LogP contribution in [0.3, 0.4) is 0 Å². The summed E-state index contributed by atoms with van der Waals surface area (Å²) in [6.07, 6.45) is 0. The van der Waals surface area contributed by atoms with Gasteiger partial charge in [0, 0.05) is 36.8 Å². The lowest BCUT2D eigenvalue weighted by Gasteiger charge is -2.47. The summed E-state index contributed by atoms with van der Waals surface area (Å²) < 4.78 is 20.2. The van der Waals surface area contributed by atoms with Crippen molar-refractivity contribution in [3.63, 3.8) is 0 Å². The summed E-state index contributed by atoms with van der Waals surface area (Å²) in [4.78, 5) is 27.0. The number of amides is 1. The number of aromatic amines is 1. The van der Waals surface area contributed by atoms with Crippen molar-refractivity contribution in [2.24, 2.45) is 0 Å². The van der Waals surface area contributed by atoms with E-state index < -0.39 is 5.54 Å². The van der Waals surface area contributed by atoms with E-state index in [9.17, 15) is 9.18 Å². The topological polar surface area (TPSA) is 91.2 Å². The van der Waals surface area contributed by atoms with Gasteiger partial charge in [-0.1, -0.05) is 27.4 Å². The monoisotopic (exact) mass is 530 g/mol. The minimum atomic E-state index is -0.500. The van der Waals surface area contributed by atoms with Crippen LogP contribution < -0.4 is 0 Å². The first-order valence-corrected chi connectivity index (χ1v) is 13.1.